The molecule has 9 unspecified atom stereocenters. The number of hydrogen-bond donors (Lipinski definition) is 2. The van der Waals surface area contributed by atoms with Crippen molar-refractivity contribution < 1.29 is 71.5 Å². The largest absolute Gasteiger partial charge is 0.469 e. The van der Waals surface area contributed by atoms with Crippen LogP contribution in [0.3, 0.4) is 0 Å². The number of ether oxygens (including phenoxy) is 7. The molecule has 1 amide bonds. The number of fused-ring (bicyclic) bond motifs is 6. The van der Waals surface area contributed by atoms with Gasteiger partial charge in [-0.25, -0.2) is 0 Å². The smallest absolute Gasteiger partial charge is 0.306 e. The first-order valence-electron chi connectivity index (χ1n) is 29.0. The summed E-state index contributed by atoms with van der Waals surface area (Å²) in [7, 11) is 9.00. The van der Waals surface area contributed by atoms with Crippen LogP contribution < -0.4 is 10.6 Å². The van der Waals surface area contributed by atoms with Crippen molar-refractivity contribution in [1.82, 2.24) is 20.6 Å². The minimum Gasteiger partial charge on any atom is -0.469 e. The van der Waals surface area contributed by atoms with Gasteiger partial charge in [-0.2, -0.15) is 0 Å². The maximum atomic E-state index is 15.5. The summed E-state index contributed by atoms with van der Waals surface area (Å²) in [6, 6.07) is 5.91. The Morgan fingerprint density at radius 3 is 1.67 bits per heavy atom. The highest BCUT2D eigenvalue weighted by Crippen LogP contribution is 2.63. The van der Waals surface area contributed by atoms with Crippen LogP contribution in [-0.2, 0) is 66.7 Å². The fraction of sp³-hybridized carbons (Fsp3) is 0.578. The lowest BCUT2D eigenvalue weighted by Crippen LogP contribution is -2.55. The van der Waals surface area contributed by atoms with Crippen LogP contribution in [0.4, 0.5) is 0 Å². The van der Waals surface area contributed by atoms with Gasteiger partial charge in [-0.3, -0.25) is 63.3 Å². The lowest BCUT2D eigenvalue weighted by Gasteiger charge is -2.48. The Balaban J connectivity index is 1.72. The van der Waals surface area contributed by atoms with Gasteiger partial charge in [0.1, 0.15) is 0 Å². The summed E-state index contributed by atoms with van der Waals surface area (Å²) in [5, 5.41) is 7.07. The number of aliphatic imine (C=N–C) groups is 3. The Kier molecular flexibility index (Phi) is 19.8. The summed E-state index contributed by atoms with van der Waals surface area (Å²) >= 11 is 0. The highest BCUT2D eigenvalue weighted by atomic mass is 16.5. The molecular formula is C64H83N7O15. The zero-order chi connectivity index (χ0) is 63.4. The molecule has 0 saturated carbocycles. The summed E-state index contributed by atoms with van der Waals surface area (Å²) < 4.78 is 37.4. The lowest BCUT2D eigenvalue weighted by atomic mass is 9.55. The number of nitrogens with zero attached hydrogens (tertiary/aromatic N) is 5. The molecule has 2 aromatic rings. The normalized spacial score (nSPS) is 27.1. The van der Waals surface area contributed by atoms with E-state index in [9.17, 15) is 33.6 Å². The molecule has 464 valence electrons. The van der Waals surface area contributed by atoms with Gasteiger partial charge in [-0.15, -0.1) is 0 Å². The van der Waals surface area contributed by atoms with Crippen LogP contribution in [0.15, 0.2) is 85.6 Å². The van der Waals surface area contributed by atoms with E-state index in [-0.39, 0.29) is 81.9 Å². The number of methoxy groups -OCH3 is 7. The third-order valence-electron chi connectivity index (χ3n) is 19.4. The molecule has 9 atom stereocenters. The van der Waals surface area contributed by atoms with Crippen LogP contribution in [0, 0.1) is 52.3 Å². The number of nitrogens with one attached hydrogen (secondary N) is 2. The van der Waals surface area contributed by atoms with Crippen molar-refractivity contribution in [2.24, 2.45) is 60.3 Å². The first-order valence-corrected chi connectivity index (χ1v) is 29.0. The Hall–Kier alpha value is -7.91. The van der Waals surface area contributed by atoms with Crippen molar-refractivity contribution in [3.05, 3.63) is 81.7 Å². The summed E-state index contributed by atoms with van der Waals surface area (Å²) in [6.45, 7) is 17.1. The topological polar surface area (TPSA) is 288 Å². The number of carbonyl (C=O) groups excluding carboxylic acids is 8. The molecule has 2 N–H and O–H groups in total. The number of rotatable bonds is 21. The third kappa shape index (κ3) is 12.3. The molecule has 0 spiro atoms. The van der Waals surface area contributed by atoms with Crippen molar-refractivity contribution in [1.29, 1.82) is 0 Å². The predicted octanol–water partition coefficient (Wildman–Crippen LogP) is 8.06. The average Bonchev–Trinajstić information content (AvgIpc) is 1.53. The molecule has 0 aliphatic carbocycles. The van der Waals surface area contributed by atoms with E-state index in [0.29, 0.717) is 56.8 Å². The second-order valence-electron chi connectivity index (χ2n) is 24.5. The molecule has 5 aliphatic rings. The molecule has 1 saturated heterocycles. The van der Waals surface area contributed by atoms with E-state index in [4.69, 9.17) is 48.1 Å². The van der Waals surface area contributed by atoms with Crippen molar-refractivity contribution in [2.75, 3.05) is 49.8 Å². The summed E-state index contributed by atoms with van der Waals surface area (Å²) in [5.74, 6) is -7.57. The van der Waals surface area contributed by atoms with Crippen LogP contribution in [0.25, 0.3) is 11.4 Å². The van der Waals surface area contributed by atoms with Gasteiger partial charge in [0.2, 0.25) is 0 Å². The van der Waals surface area contributed by atoms with Crippen molar-refractivity contribution in [2.45, 2.75) is 145 Å². The lowest BCUT2D eigenvalue weighted by molar-refractivity contribution is -0.147. The second kappa shape index (κ2) is 26.0. The molecule has 1 fully saturated rings. The van der Waals surface area contributed by atoms with Crippen molar-refractivity contribution in [3.63, 3.8) is 0 Å². The second-order valence-corrected chi connectivity index (χ2v) is 24.5. The van der Waals surface area contributed by atoms with Crippen LogP contribution in [-0.4, -0.2) is 136 Å². The van der Waals surface area contributed by atoms with E-state index in [1.165, 1.54) is 56.0 Å². The number of pyridine rings is 2. The molecule has 5 aliphatic heterocycles. The molecule has 8 bridgehead atoms. The Morgan fingerprint density at radius 1 is 0.581 bits per heavy atom. The van der Waals surface area contributed by atoms with E-state index in [1.54, 1.807) is 18.3 Å². The Labute approximate surface area is 502 Å². The molecule has 2 aromatic heterocycles. The fourth-order valence-corrected chi connectivity index (χ4v) is 14.2. The number of hydrogen-bond acceptors (Lipinski definition) is 21. The number of aromatic nitrogens is 2. The third-order valence-corrected chi connectivity index (χ3v) is 19.4. The first-order chi connectivity index (χ1) is 40.6. The standard InChI is InChI=1S/C64H83N7O15/c1-34-24-27-65-42(29-34)43-30-37(25-28-66-43)59(79)69-54-53-39(18-21-45(73)81-11)62(7,32-49(77)85-15)56(68-53)36(3)52-40(19-22-46(74)82-12)63(8,33-50(78)86-16)64(9,71-52)57-41(31-48(76)84-14)61(6,26-23-47(75)83-13)55(70-57)35(2)51-38(17-20-44(72)80-10)60(4,5)58(54)67-51/h24-25,27-30,38-41,57,68H,17-23,26,31-33H2,1-16H3,(H,69,79). The van der Waals surface area contributed by atoms with E-state index < -0.39 is 105 Å². The zero-order valence-electron chi connectivity index (χ0n) is 52.5. The minimum absolute atomic E-state index is 0.0426. The number of aryl methyl sites for hydroxylation is 1. The van der Waals surface area contributed by atoms with Gasteiger partial charge in [-0.05, 0) is 94.4 Å². The van der Waals surface area contributed by atoms with E-state index in [1.807, 2.05) is 74.4 Å². The quantitative estimate of drug-likeness (QED) is 0.0882. The van der Waals surface area contributed by atoms with Crippen LogP contribution in [0.5, 0.6) is 0 Å². The fourth-order valence-electron chi connectivity index (χ4n) is 14.2. The van der Waals surface area contributed by atoms with Crippen LogP contribution in [0.1, 0.15) is 142 Å². The number of carbonyl (C=O) groups is 8. The number of allylic oxidation sites excluding steroid dienone is 6. The summed E-state index contributed by atoms with van der Waals surface area (Å²) in [6.07, 6.45) is 2.31. The Morgan fingerprint density at radius 2 is 1.10 bits per heavy atom. The van der Waals surface area contributed by atoms with E-state index in [2.05, 4.69) is 20.6 Å². The molecule has 86 heavy (non-hydrogen) atoms. The van der Waals surface area contributed by atoms with Crippen molar-refractivity contribution >= 4 is 64.8 Å². The molecule has 0 aromatic carbocycles. The van der Waals surface area contributed by atoms with Gasteiger partial charge in [-0.1, -0.05) is 34.6 Å². The van der Waals surface area contributed by atoms with Gasteiger partial charge in [0.25, 0.3) is 5.91 Å². The molecular weight excluding hydrogens is 1110 g/mol. The molecule has 22 heteroatoms. The summed E-state index contributed by atoms with van der Waals surface area (Å²) in [5.41, 5.74) is -0.606. The maximum Gasteiger partial charge on any atom is 0.306 e. The number of amides is 1. The van der Waals surface area contributed by atoms with E-state index >= 15 is 4.79 Å². The number of esters is 7. The molecule has 0 radical (unpaired) electrons. The van der Waals surface area contributed by atoms with E-state index in [0.717, 1.165) is 5.56 Å². The molecule has 7 rings (SSSR count). The van der Waals surface area contributed by atoms with Gasteiger partial charge in [0.15, 0.2) is 0 Å². The van der Waals surface area contributed by atoms with Crippen LogP contribution in [0.2, 0.25) is 0 Å². The van der Waals surface area contributed by atoms with Gasteiger partial charge in [0.05, 0.1) is 103 Å². The zero-order valence-corrected chi connectivity index (χ0v) is 52.5. The first kappa shape index (κ1) is 65.6. The predicted molar refractivity (Wildman–Crippen MR) is 317 cm³/mol. The SMILES string of the molecule is COC(=O)CCC1C2=C(C)C3=NC(C(CC(=O)OC)C3(C)CCC(=O)OC)C3(C)N=C(C(C)=C4NC(=C(NC(=O)c5ccnc(-c6cc(C)ccn6)c5)C(=N2)C1(C)C)C(CCC(=O)OC)C4(C)CC(=O)OC)C(CCC(=O)OC)C3(C)CC(=O)OC. The van der Waals surface area contributed by atoms with Gasteiger partial charge in [0, 0.05) is 117 Å². The molecule has 7 heterocycles. The Bertz CT molecular complexity index is 3280. The average molecular weight is 1190 g/mol. The van der Waals surface area contributed by atoms with Gasteiger partial charge < -0.3 is 43.8 Å². The van der Waals surface area contributed by atoms with Gasteiger partial charge >= 0.3 is 41.8 Å². The monoisotopic (exact) mass is 1190 g/mol. The highest BCUT2D eigenvalue weighted by molar-refractivity contribution is 6.14. The maximum absolute atomic E-state index is 15.5. The molecule has 22 nitrogen and oxygen atoms in total. The van der Waals surface area contributed by atoms with Crippen molar-refractivity contribution in [3.8, 4) is 11.4 Å². The summed E-state index contributed by atoms with van der Waals surface area (Å²) in [4.78, 5) is 138. The highest BCUT2D eigenvalue weighted by Gasteiger charge is 2.67. The van der Waals surface area contributed by atoms with Crippen LogP contribution >= 0.6 is 0 Å². The minimum atomic E-state index is -1.48.